The Morgan fingerprint density at radius 1 is 1.29 bits per heavy atom. The molecule has 1 N–H and O–H groups in total. The normalized spacial score (nSPS) is 21.4. The maximum atomic E-state index is 13.0. The summed E-state index contributed by atoms with van der Waals surface area (Å²) in [7, 11) is -2.25. The molecule has 3 rings (SSSR count). The van der Waals surface area contributed by atoms with E-state index in [2.05, 4.69) is 12.2 Å². The summed E-state index contributed by atoms with van der Waals surface area (Å²) in [5.41, 5.74) is 0.575. The first-order chi connectivity index (χ1) is 13.4. The number of rotatable bonds is 6. The minimum atomic E-state index is -3.70. The number of ether oxygens (including phenoxy) is 2. The van der Waals surface area contributed by atoms with Crippen molar-refractivity contribution in [1.29, 1.82) is 0 Å². The molecule has 0 bridgehead atoms. The summed E-state index contributed by atoms with van der Waals surface area (Å²) >= 11 is 0. The highest BCUT2D eigenvalue weighted by molar-refractivity contribution is 7.89. The second kappa shape index (κ2) is 9.11. The lowest BCUT2D eigenvalue weighted by Crippen LogP contribution is -2.42. The van der Waals surface area contributed by atoms with Crippen LogP contribution in [-0.2, 0) is 19.6 Å². The average molecular weight is 412 g/mol. The zero-order valence-corrected chi connectivity index (χ0v) is 17.3. The zero-order valence-electron chi connectivity index (χ0n) is 16.5. The van der Waals surface area contributed by atoms with Crippen LogP contribution in [0.4, 0.5) is 5.69 Å². The number of sulfonamides is 1. The van der Waals surface area contributed by atoms with E-state index >= 15 is 0 Å². The number of amides is 1. The zero-order chi connectivity index (χ0) is 20.1. The molecule has 0 aliphatic carbocycles. The number of hydrogen-bond acceptors (Lipinski definition) is 6. The largest absolute Gasteiger partial charge is 0.495 e. The number of likely N-dealkylation sites (tertiary alicyclic amines) is 1. The SMILES string of the molecule is COc1ccc(NCC(=O)N2CCCC(C)C2)cc1S(=O)(=O)N1CCOCC1. The molecule has 1 aromatic carbocycles. The lowest BCUT2D eigenvalue weighted by molar-refractivity contribution is -0.130. The summed E-state index contributed by atoms with van der Waals surface area (Å²) in [6.07, 6.45) is 2.18. The Bertz CT molecular complexity index is 793. The Morgan fingerprint density at radius 2 is 2.04 bits per heavy atom. The molecule has 1 aromatic rings. The van der Waals surface area contributed by atoms with Gasteiger partial charge in [0.1, 0.15) is 10.6 Å². The van der Waals surface area contributed by atoms with Crippen LogP contribution in [0.3, 0.4) is 0 Å². The van der Waals surface area contributed by atoms with Crippen molar-refractivity contribution in [2.75, 3.05) is 58.4 Å². The van der Waals surface area contributed by atoms with Crippen LogP contribution in [0.25, 0.3) is 0 Å². The molecule has 9 heteroatoms. The number of nitrogens with zero attached hydrogens (tertiary/aromatic N) is 2. The van der Waals surface area contributed by atoms with Crippen molar-refractivity contribution in [3.63, 3.8) is 0 Å². The van der Waals surface area contributed by atoms with Crippen molar-refractivity contribution in [2.24, 2.45) is 5.92 Å². The second-order valence-corrected chi connectivity index (χ2v) is 9.23. The molecule has 2 fully saturated rings. The summed E-state index contributed by atoms with van der Waals surface area (Å²) in [5, 5.41) is 3.07. The molecule has 0 spiro atoms. The van der Waals surface area contributed by atoms with E-state index in [9.17, 15) is 13.2 Å². The predicted octanol–water partition coefficient (Wildman–Crippen LogP) is 1.39. The van der Waals surface area contributed by atoms with Gasteiger partial charge in [0.25, 0.3) is 0 Å². The molecular weight excluding hydrogens is 382 g/mol. The number of benzene rings is 1. The van der Waals surface area contributed by atoms with Crippen LogP contribution < -0.4 is 10.1 Å². The van der Waals surface area contributed by atoms with Crippen LogP contribution >= 0.6 is 0 Å². The highest BCUT2D eigenvalue weighted by Crippen LogP contribution is 2.30. The molecule has 28 heavy (non-hydrogen) atoms. The van der Waals surface area contributed by atoms with Crippen molar-refractivity contribution in [3.8, 4) is 5.75 Å². The monoisotopic (exact) mass is 411 g/mol. The van der Waals surface area contributed by atoms with Crippen molar-refractivity contribution >= 4 is 21.6 Å². The van der Waals surface area contributed by atoms with Gasteiger partial charge in [-0.05, 0) is 37.0 Å². The minimum Gasteiger partial charge on any atom is -0.495 e. The van der Waals surface area contributed by atoms with Crippen molar-refractivity contribution in [2.45, 2.75) is 24.7 Å². The number of carbonyl (C=O) groups excluding carboxylic acids is 1. The van der Waals surface area contributed by atoms with E-state index in [-0.39, 0.29) is 23.1 Å². The Morgan fingerprint density at radius 3 is 2.71 bits per heavy atom. The van der Waals surface area contributed by atoms with E-state index in [1.54, 1.807) is 12.1 Å². The number of carbonyl (C=O) groups is 1. The summed E-state index contributed by atoms with van der Waals surface area (Å²) in [6.45, 7) is 5.23. The summed E-state index contributed by atoms with van der Waals surface area (Å²) < 4.78 is 38.0. The third-order valence-corrected chi connectivity index (χ3v) is 7.12. The molecule has 1 amide bonds. The molecule has 0 saturated carbocycles. The standard InChI is InChI=1S/C19H29N3O5S/c1-15-4-3-7-21(14-15)19(23)13-20-16-5-6-17(26-2)18(12-16)28(24,25)22-8-10-27-11-9-22/h5-6,12,15,20H,3-4,7-11,13-14H2,1-2H3. The van der Waals surface area contributed by atoms with Gasteiger partial charge in [-0.25, -0.2) is 8.42 Å². The summed E-state index contributed by atoms with van der Waals surface area (Å²) in [5.74, 6) is 0.831. The fourth-order valence-electron chi connectivity index (χ4n) is 3.62. The third-order valence-electron chi connectivity index (χ3n) is 5.20. The van der Waals surface area contributed by atoms with Crippen LogP contribution in [0.2, 0.25) is 0 Å². The first-order valence-electron chi connectivity index (χ1n) is 9.69. The van der Waals surface area contributed by atoms with Gasteiger partial charge in [-0.1, -0.05) is 6.92 Å². The van der Waals surface area contributed by atoms with E-state index in [1.807, 2.05) is 4.90 Å². The van der Waals surface area contributed by atoms with Gasteiger partial charge < -0.3 is 19.7 Å². The van der Waals surface area contributed by atoms with Gasteiger partial charge in [0.15, 0.2) is 0 Å². The van der Waals surface area contributed by atoms with E-state index in [1.165, 1.54) is 17.5 Å². The van der Waals surface area contributed by atoms with Crippen molar-refractivity contribution in [3.05, 3.63) is 18.2 Å². The number of piperidine rings is 1. The highest BCUT2D eigenvalue weighted by Gasteiger charge is 2.29. The molecule has 2 heterocycles. The number of nitrogens with one attached hydrogen (secondary N) is 1. The third kappa shape index (κ3) is 4.76. The minimum absolute atomic E-state index is 0.0277. The molecule has 2 aliphatic rings. The average Bonchev–Trinajstić information content (AvgIpc) is 2.72. The number of methoxy groups -OCH3 is 1. The first kappa shape index (κ1) is 20.9. The van der Waals surface area contributed by atoms with E-state index in [0.29, 0.717) is 37.9 Å². The molecule has 0 aromatic heterocycles. The van der Waals surface area contributed by atoms with E-state index in [4.69, 9.17) is 9.47 Å². The molecule has 0 radical (unpaired) electrons. The fourth-order valence-corrected chi connectivity index (χ4v) is 5.21. The van der Waals surface area contributed by atoms with Gasteiger partial charge in [-0.15, -0.1) is 0 Å². The number of hydrogen-bond donors (Lipinski definition) is 1. The quantitative estimate of drug-likeness (QED) is 0.761. The van der Waals surface area contributed by atoms with Crippen LogP contribution in [0.5, 0.6) is 5.75 Å². The molecule has 156 valence electrons. The predicted molar refractivity (Wildman–Crippen MR) is 106 cm³/mol. The Balaban J connectivity index is 1.72. The van der Waals surface area contributed by atoms with Gasteiger partial charge in [0.05, 0.1) is 26.9 Å². The van der Waals surface area contributed by atoms with Crippen LogP contribution in [-0.4, -0.2) is 76.6 Å². The van der Waals surface area contributed by atoms with Gasteiger partial charge in [0.2, 0.25) is 15.9 Å². The van der Waals surface area contributed by atoms with Crippen molar-refractivity contribution < 1.29 is 22.7 Å². The molecule has 2 aliphatic heterocycles. The molecular formula is C19H29N3O5S. The van der Waals surface area contributed by atoms with E-state index in [0.717, 1.165) is 25.9 Å². The van der Waals surface area contributed by atoms with Crippen LogP contribution in [0.15, 0.2) is 23.1 Å². The maximum absolute atomic E-state index is 13.0. The van der Waals surface area contributed by atoms with Gasteiger partial charge in [-0.3, -0.25) is 4.79 Å². The molecule has 8 nitrogen and oxygen atoms in total. The lowest BCUT2D eigenvalue weighted by atomic mass is 10.0. The van der Waals surface area contributed by atoms with Crippen molar-refractivity contribution in [1.82, 2.24) is 9.21 Å². The molecule has 1 unspecified atom stereocenters. The Hall–Kier alpha value is -1.84. The van der Waals surface area contributed by atoms with Crippen LogP contribution in [0, 0.1) is 5.92 Å². The molecule has 1 atom stereocenters. The Kier molecular flexibility index (Phi) is 6.79. The molecule has 2 saturated heterocycles. The number of morpholine rings is 1. The summed E-state index contributed by atoms with van der Waals surface area (Å²) in [4.78, 5) is 14.4. The Labute approximate surface area is 166 Å². The second-order valence-electron chi connectivity index (χ2n) is 7.32. The number of anilines is 1. The maximum Gasteiger partial charge on any atom is 0.246 e. The topological polar surface area (TPSA) is 88.2 Å². The fraction of sp³-hybridized carbons (Fsp3) is 0.632. The van der Waals surface area contributed by atoms with Gasteiger partial charge in [-0.2, -0.15) is 4.31 Å². The smallest absolute Gasteiger partial charge is 0.246 e. The van der Waals surface area contributed by atoms with Gasteiger partial charge in [0, 0.05) is 31.9 Å². The summed E-state index contributed by atoms with van der Waals surface area (Å²) in [6, 6.07) is 4.88. The first-order valence-corrected chi connectivity index (χ1v) is 11.1. The van der Waals surface area contributed by atoms with E-state index < -0.39 is 10.0 Å². The lowest BCUT2D eigenvalue weighted by Gasteiger charge is -2.31. The van der Waals surface area contributed by atoms with Gasteiger partial charge >= 0.3 is 0 Å². The van der Waals surface area contributed by atoms with Crippen LogP contribution in [0.1, 0.15) is 19.8 Å². The highest BCUT2D eigenvalue weighted by atomic mass is 32.2.